The molecule has 0 spiro atoms. The van der Waals surface area contributed by atoms with Crippen LogP contribution in [0.15, 0.2) is 12.3 Å². The van der Waals surface area contributed by atoms with Crippen molar-refractivity contribution in [2.75, 3.05) is 0 Å². The van der Waals surface area contributed by atoms with Gasteiger partial charge >= 0.3 is 51.4 Å². The van der Waals surface area contributed by atoms with Gasteiger partial charge in [0, 0.05) is 6.92 Å². The van der Waals surface area contributed by atoms with Crippen molar-refractivity contribution in [1.29, 1.82) is 1.28 Å². The first-order chi connectivity index (χ1) is 8.38. The summed E-state index contributed by atoms with van der Waals surface area (Å²) in [5, 5.41) is 18.9. The van der Waals surface area contributed by atoms with Gasteiger partial charge in [-0.05, 0) is 0 Å². The number of carboxylic acids is 2. The fourth-order valence-corrected chi connectivity index (χ4v) is 0.517. The van der Waals surface area contributed by atoms with Gasteiger partial charge in [0.25, 0.3) is 0 Å². The van der Waals surface area contributed by atoms with Gasteiger partial charge in [-0.15, -0.1) is 0 Å². The van der Waals surface area contributed by atoms with Gasteiger partial charge in [-0.1, -0.05) is 14.0 Å². The summed E-state index contributed by atoms with van der Waals surface area (Å²) in [7, 11) is -2.50. The molecule has 20 heavy (non-hydrogen) atoms. The van der Waals surface area contributed by atoms with Crippen molar-refractivity contribution in [2.24, 2.45) is 0 Å². The number of ketones is 1. The second-order valence-corrected chi connectivity index (χ2v) is 3.17. The van der Waals surface area contributed by atoms with Crippen molar-refractivity contribution in [2.45, 2.75) is 14.4 Å². The minimum atomic E-state index is -5.30. The van der Waals surface area contributed by atoms with Gasteiger partial charge < -0.3 is 56.5 Å². The van der Waals surface area contributed by atoms with Gasteiger partial charge in [-0.3, -0.25) is 4.79 Å². The molecule has 0 aliphatic heterocycles. The van der Waals surface area contributed by atoms with Crippen molar-refractivity contribution in [3.05, 3.63) is 12.3 Å². The standard InChI is InChI=1S/C3H5O6P.C3H4O3.CH4.K.H3P2/c1-2(3(4)5)9-10(6,7)8;1-2(4)3(5)6;;;1-2/h1H2,(H,4,5)(H2,6,7,8);1H3,(H,5,6);1H4;;1H,2H2/q;;;+1;-1/p-4/i;;;;1D. The molecular weight excluding hydrogens is 360 g/mol. The number of hydrogen-bond donors (Lipinski definition) is 0. The molecule has 0 aromatic carbocycles. The smallest absolute Gasteiger partial charge is 0.780 e. The molecular formula is C7H12KO9P3-4. The number of carbonyl (C=O) groups excluding carboxylic acids is 3. The molecule has 0 aromatic rings. The molecule has 0 saturated carbocycles. The molecule has 0 bridgehead atoms. The summed E-state index contributed by atoms with van der Waals surface area (Å²) < 4.78 is 19.1. The maximum absolute atomic E-state index is 9.64. The van der Waals surface area contributed by atoms with Gasteiger partial charge in [0.2, 0.25) is 0 Å². The average Bonchev–Trinajstić information content (AvgIpc) is 2.16. The summed E-state index contributed by atoms with van der Waals surface area (Å²) in [5.41, 5.74) is 0. The van der Waals surface area contributed by atoms with Gasteiger partial charge in [-0.25, -0.2) is 1.28 Å². The van der Waals surface area contributed by atoms with Crippen LogP contribution in [0.1, 0.15) is 14.4 Å². The van der Waals surface area contributed by atoms with E-state index < -0.39 is 31.3 Å². The zero-order valence-corrected chi connectivity index (χ0v) is 15.9. The molecule has 9 nitrogen and oxygen atoms in total. The number of phosphoric acid groups is 1. The molecule has 0 aliphatic carbocycles. The van der Waals surface area contributed by atoms with Crippen molar-refractivity contribution in [3.8, 4) is 0 Å². The fourth-order valence-electron chi connectivity index (χ4n) is 0.172. The topological polar surface area (TPSA) is 170 Å². The van der Waals surface area contributed by atoms with Crippen LogP contribution < -0.4 is 71.4 Å². The van der Waals surface area contributed by atoms with E-state index >= 15 is 0 Å². The molecule has 1 unspecified atom stereocenters. The van der Waals surface area contributed by atoms with Crippen LogP contribution in [0.4, 0.5) is 0 Å². The first-order valence-corrected chi connectivity index (χ1v) is 7.09. The largest absolute Gasteiger partial charge is 1.00 e. The van der Waals surface area contributed by atoms with Crippen LogP contribution in [0.3, 0.4) is 0 Å². The maximum atomic E-state index is 9.64. The number of phosphoric ester groups is 1. The predicted octanol–water partition coefficient (Wildman–Crippen LogP) is -6.02. The molecule has 0 rings (SSSR count). The molecule has 0 N–H and O–H groups in total. The Morgan fingerprint density at radius 3 is 1.60 bits per heavy atom. The Balaban J connectivity index is -0.0000000673. The zero-order chi connectivity index (χ0) is 16.2. The minimum absolute atomic E-state index is 0. The molecule has 114 valence electrons. The molecule has 0 fully saturated rings. The third kappa shape index (κ3) is 31.3. The van der Waals surface area contributed by atoms with E-state index in [0.717, 1.165) is 6.92 Å². The van der Waals surface area contributed by atoms with E-state index in [4.69, 9.17) is 1.28 Å². The molecule has 0 amide bonds. The zero-order valence-electron chi connectivity index (χ0n) is 10.9. The molecule has 0 aliphatic rings. The molecule has 0 aromatic heterocycles. The van der Waals surface area contributed by atoms with E-state index in [9.17, 15) is 38.9 Å². The summed E-state index contributed by atoms with van der Waals surface area (Å²) in [6.07, 6.45) is 0. The summed E-state index contributed by atoms with van der Waals surface area (Å²) in [5.74, 6) is -5.72. The Labute approximate surface area is 164 Å². The Hall–Kier alpha value is 0.796. The van der Waals surface area contributed by atoms with Crippen LogP contribution >= 0.6 is 25.6 Å². The quantitative estimate of drug-likeness (QED) is 0.153. The third-order valence-corrected chi connectivity index (χ3v) is 1.18. The van der Waals surface area contributed by atoms with E-state index in [1.54, 1.807) is 0 Å². The summed E-state index contributed by atoms with van der Waals surface area (Å²) in [6, 6.07) is 0. The number of carboxylic acid groups (broad SMARTS) is 2. The summed E-state index contributed by atoms with van der Waals surface area (Å²) in [4.78, 5) is 47.7. The second kappa shape index (κ2) is 17.8. The third-order valence-electron chi connectivity index (χ3n) is 0.737. The van der Waals surface area contributed by atoms with Crippen molar-refractivity contribution in [1.82, 2.24) is 0 Å². The van der Waals surface area contributed by atoms with Crippen LogP contribution in [0.5, 0.6) is 0 Å². The number of aliphatic carboxylic acids is 2. The summed E-state index contributed by atoms with van der Waals surface area (Å²) >= 11 is 0. The Morgan fingerprint density at radius 2 is 1.55 bits per heavy atom. The number of rotatable bonds is 4. The predicted molar refractivity (Wildman–Crippen MR) is 63.3 cm³/mol. The van der Waals surface area contributed by atoms with Crippen LogP contribution in [-0.4, -0.2) is 19.0 Å². The minimum Gasteiger partial charge on any atom is -0.780 e. The SMILES string of the molecule is C.C=C(OP(=O)([O-])[O-])C(=O)[O-].CC(=O)C(=O)[O-].[2H][P-]P.[K+]. The van der Waals surface area contributed by atoms with Gasteiger partial charge in [0.1, 0.15) is 25.5 Å². The van der Waals surface area contributed by atoms with E-state index in [2.05, 4.69) is 20.0 Å². The van der Waals surface area contributed by atoms with Crippen molar-refractivity contribution >= 4 is 43.3 Å². The maximum Gasteiger partial charge on any atom is 1.00 e. The number of hydrogen-bond acceptors (Lipinski definition) is 9. The Morgan fingerprint density at radius 1 is 1.30 bits per heavy atom. The van der Waals surface area contributed by atoms with Gasteiger partial charge in [-0.2, -0.15) is 0 Å². The van der Waals surface area contributed by atoms with Crippen molar-refractivity contribution < 1.29 is 94.9 Å². The molecule has 0 heterocycles. The molecule has 0 saturated heterocycles. The Kier molecular flexibility index (Phi) is 25.8. The number of carbonyl (C=O) groups is 3. The van der Waals surface area contributed by atoms with E-state index in [0.29, 0.717) is 8.87 Å². The van der Waals surface area contributed by atoms with Crippen LogP contribution in [-0.2, 0) is 23.5 Å². The molecule has 13 heteroatoms. The average molecular weight is 373 g/mol. The van der Waals surface area contributed by atoms with Gasteiger partial charge in [0.05, 0.1) is 0 Å². The Bertz CT molecular complexity index is 372. The van der Waals surface area contributed by atoms with Crippen LogP contribution in [0, 0.1) is 0 Å². The van der Waals surface area contributed by atoms with Crippen LogP contribution in [0.25, 0.3) is 0 Å². The monoisotopic (exact) mass is 373 g/mol. The van der Waals surface area contributed by atoms with E-state index in [-0.39, 0.29) is 58.8 Å². The number of Topliss-reactive ketones (excluding diaryl/α,β-unsaturated/α-hetero) is 1. The van der Waals surface area contributed by atoms with Crippen LogP contribution in [0.2, 0.25) is 0 Å². The van der Waals surface area contributed by atoms with E-state index in [1.807, 2.05) is 0 Å². The normalized spacial score (nSPS) is 9.10. The molecule has 0 radical (unpaired) electrons. The van der Waals surface area contributed by atoms with E-state index in [1.165, 1.54) is 0 Å². The molecule has 1 atom stereocenters. The first kappa shape index (κ1) is 28.9. The summed E-state index contributed by atoms with van der Waals surface area (Å²) in [6.45, 7) is 3.52. The fraction of sp³-hybridized carbons (Fsp3) is 0.286. The van der Waals surface area contributed by atoms with Gasteiger partial charge in [0.15, 0.2) is 5.78 Å². The second-order valence-electron chi connectivity index (χ2n) is 2.09. The van der Waals surface area contributed by atoms with Crippen molar-refractivity contribution in [3.63, 3.8) is 0 Å². The first-order valence-electron chi connectivity index (χ1n) is 4.01.